The van der Waals surface area contributed by atoms with E-state index in [2.05, 4.69) is 43.4 Å². The second kappa shape index (κ2) is 10.1. The van der Waals surface area contributed by atoms with Crippen LogP contribution in [-0.4, -0.2) is 38.6 Å². The number of hydrogen-bond donors (Lipinski definition) is 2. The molecule has 1 aliphatic rings. The number of rotatable bonds is 9. The highest BCUT2D eigenvalue weighted by Gasteiger charge is 2.38. The minimum absolute atomic E-state index is 0.00153. The lowest BCUT2D eigenvalue weighted by Crippen LogP contribution is -2.47. The minimum atomic E-state index is -3.01. The molecular formula is C22H23BrF2N2O4. The van der Waals surface area contributed by atoms with Gasteiger partial charge in [-0.05, 0) is 48.7 Å². The largest absolute Gasteiger partial charge is 0.493 e. The number of amides is 2. The number of benzene rings is 2. The van der Waals surface area contributed by atoms with E-state index in [9.17, 15) is 18.4 Å². The molecule has 1 fully saturated rings. The van der Waals surface area contributed by atoms with Crippen molar-refractivity contribution in [1.82, 2.24) is 10.6 Å². The van der Waals surface area contributed by atoms with Crippen LogP contribution in [0.25, 0.3) is 0 Å². The van der Waals surface area contributed by atoms with Crippen LogP contribution in [0.15, 0.2) is 46.9 Å². The highest BCUT2D eigenvalue weighted by atomic mass is 79.9. The third kappa shape index (κ3) is 5.72. The predicted molar refractivity (Wildman–Crippen MR) is 115 cm³/mol. The lowest BCUT2D eigenvalue weighted by molar-refractivity contribution is -0.120. The van der Waals surface area contributed by atoms with Crippen molar-refractivity contribution in [2.45, 2.75) is 31.3 Å². The number of carbonyl (C=O) groups is 2. The molecule has 6 nitrogen and oxygen atoms in total. The molecule has 2 N–H and O–H groups in total. The highest BCUT2D eigenvalue weighted by molar-refractivity contribution is 9.10. The first-order valence-corrected chi connectivity index (χ1v) is 10.6. The Morgan fingerprint density at radius 1 is 1.13 bits per heavy atom. The summed E-state index contributed by atoms with van der Waals surface area (Å²) in [5.74, 6) is -1.01. The number of ether oxygens (including phenoxy) is 2. The molecule has 0 unspecified atom stereocenters. The van der Waals surface area contributed by atoms with Gasteiger partial charge in [-0.25, -0.2) is 0 Å². The average Bonchev–Trinajstić information content (AvgIpc) is 2.71. The van der Waals surface area contributed by atoms with Crippen LogP contribution in [0.3, 0.4) is 0 Å². The zero-order valence-corrected chi connectivity index (χ0v) is 18.5. The van der Waals surface area contributed by atoms with Gasteiger partial charge >= 0.3 is 6.61 Å². The molecule has 31 heavy (non-hydrogen) atoms. The third-order valence-electron chi connectivity index (χ3n) is 5.42. The van der Waals surface area contributed by atoms with Crippen LogP contribution >= 0.6 is 15.9 Å². The van der Waals surface area contributed by atoms with Crippen molar-refractivity contribution in [2.24, 2.45) is 0 Å². The summed E-state index contributed by atoms with van der Waals surface area (Å²) in [5, 5.41) is 5.43. The molecule has 2 aromatic carbocycles. The van der Waals surface area contributed by atoms with E-state index in [4.69, 9.17) is 4.74 Å². The molecule has 0 heterocycles. The topological polar surface area (TPSA) is 76.7 Å². The van der Waals surface area contributed by atoms with Crippen molar-refractivity contribution < 1.29 is 27.8 Å². The van der Waals surface area contributed by atoms with Crippen molar-refractivity contribution >= 4 is 27.7 Å². The molecule has 9 heteroatoms. The van der Waals surface area contributed by atoms with Gasteiger partial charge in [0.2, 0.25) is 5.91 Å². The van der Waals surface area contributed by atoms with Crippen molar-refractivity contribution in [3.63, 3.8) is 0 Å². The molecule has 0 saturated heterocycles. The van der Waals surface area contributed by atoms with Gasteiger partial charge in [0, 0.05) is 22.0 Å². The highest BCUT2D eigenvalue weighted by Crippen LogP contribution is 2.43. The van der Waals surface area contributed by atoms with Gasteiger partial charge in [-0.2, -0.15) is 8.78 Å². The van der Waals surface area contributed by atoms with Crippen LogP contribution < -0.4 is 20.1 Å². The maximum Gasteiger partial charge on any atom is 0.387 e. The van der Waals surface area contributed by atoms with E-state index in [0.29, 0.717) is 6.54 Å². The number of halogens is 3. The van der Waals surface area contributed by atoms with Crippen LogP contribution in [0.5, 0.6) is 11.5 Å². The van der Waals surface area contributed by atoms with Gasteiger partial charge in [-0.3, -0.25) is 9.59 Å². The molecular weight excluding hydrogens is 474 g/mol. The summed E-state index contributed by atoms with van der Waals surface area (Å²) in [6.07, 6.45) is 3.08. The van der Waals surface area contributed by atoms with Gasteiger partial charge < -0.3 is 20.1 Å². The SMILES string of the molecule is COc1cc(C(=O)NCC(=O)NCC2(c3cccc(Br)c3)CCC2)ccc1OC(F)F. The number of hydrogen-bond acceptors (Lipinski definition) is 4. The molecule has 3 rings (SSSR count). The van der Waals surface area contributed by atoms with Crippen molar-refractivity contribution in [3.05, 3.63) is 58.1 Å². The van der Waals surface area contributed by atoms with Gasteiger partial charge in [0.25, 0.3) is 5.91 Å². The molecule has 0 radical (unpaired) electrons. The Hall–Kier alpha value is -2.68. The molecule has 1 aliphatic carbocycles. The molecule has 0 bridgehead atoms. The van der Waals surface area contributed by atoms with E-state index in [-0.39, 0.29) is 34.9 Å². The Morgan fingerprint density at radius 3 is 2.52 bits per heavy atom. The zero-order valence-electron chi connectivity index (χ0n) is 16.9. The van der Waals surface area contributed by atoms with E-state index in [1.54, 1.807) is 0 Å². The summed E-state index contributed by atoms with van der Waals surface area (Å²) in [6, 6.07) is 11.9. The fraction of sp³-hybridized carbons (Fsp3) is 0.364. The maximum absolute atomic E-state index is 12.4. The number of methoxy groups -OCH3 is 1. The Morgan fingerprint density at radius 2 is 1.90 bits per heavy atom. The Labute approximate surface area is 187 Å². The van der Waals surface area contributed by atoms with Crippen molar-refractivity contribution in [2.75, 3.05) is 20.2 Å². The summed E-state index contributed by atoms with van der Waals surface area (Å²) in [7, 11) is 1.28. The van der Waals surface area contributed by atoms with Crippen LogP contribution in [0, 0.1) is 0 Å². The smallest absolute Gasteiger partial charge is 0.387 e. The van der Waals surface area contributed by atoms with Crippen molar-refractivity contribution in [3.8, 4) is 11.5 Å². The lowest BCUT2D eigenvalue weighted by atomic mass is 9.64. The Kier molecular flexibility index (Phi) is 7.48. The quantitative estimate of drug-likeness (QED) is 0.549. The third-order valence-corrected chi connectivity index (χ3v) is 5.92. The van der Waals surface area contributed by atoms with E-state index in [1.165, 1.54) is 30.9 Å². The molecule has 0 aliphatic heterocycles. The molecule has 1 saturated carbocycles. The fourth-order valence-electron chi connectivity index (χ4n) is 3.58. The van der Waals surface area contributed by atoms with Crippen molar-refractivity contribution in [1.29, 1.82) is 0 Å². The molecule has 0 atom stereocenters. The Balaban J connectivity index is 1.54. The van der Waals surface area contributed by atoms with E-state index >= 15 is 0 Å². The van der Waals surface area contributed by atoms with Crippen LogP contribution in [0.1, 0.15) is 35.2 Å². The summed E-state index contributed by atoms with van der Waals surface area (Å²) in [6.45, 7) is -2.72. The zero-order chi connectivity index (χ0) is 22.4. The lowest BCUT2D eigenvalue weighted by Gasteiger charge is -2.42. The van der Waals surface area contributed by atoms with Crippen LogP contribution in [-0.2, 0) is 10.2 Å². The summed E-state index contributed by atoms with van der Waals surface area (Å²) in [4.78, 5) is 24.6. The van der Waals surface area contributed by atoms with E-state index in [1.807, 2.05) is 12.1 Å². The van der Waals surface area contributed by atoms with Gasteiger partial charge in [0.1, 0.15) is 0 Å². The van der Waals surface area contributed by atoms with Gasteiger partial charge in [-0.15, -0.1) is 0 Å². The first-order chi connectivity index (χ1) is 14.8. The van der Waals surface area contributed by atoms with Gasteiger partial charge in [0.15, 0.2) is 11.5 Å². The number of carbonyl (C=O) groups excluding carboxylic acids is 2. The van der Waals surface area contributed by atoms with E-state index < -0.39 is 12.5 Å². The fourth-order valence-corrected chi connectivity index (χ4v) is 3.98. The number of alkyl halides is 2. The average molecular weight is 497 g/mol. The minimum Gasteiger partial charge on any atom is -0.493 e. The van der Waals surface area contributed by atoms with Gasteiger partial charge in [-0.1, -0.05) is 34.5 Å². The van der Waals surface area contributed by atoms with Crippen LogP contribution in [0.4, 0.5) is 8.78 Å². The second-order valence-electron chi connectivity index (χ2n) is 7.35. The molecule has 0 aromatic heterocycles. The molecule has 2 amide bonds. The Bertz CT molecular complexity index is 951. The first-order valence-electron chi connectivity index (χ1n) is 9.77. The molecule has 2 aromatic rings. The normalized spacial score (nSPS) is 14.5. The van der Waals surface area contributed by atoms with Crippen LogP contribution in [0.2, 0.25) is 0 Å². The monoisotopic (exact) mass is 496 g/mol. The number of nitrogens with one attached hydrogen (secondary N) is 2. The predicted octanol–water partition coefficient (Wildman–Crippen LogP) is 4.03. The summed E-state index contributed by atoms with van der Waals surface area (Å²) in [5.41, 5.74) is 1.25. The first kappa shape index (κ1) is 23.0. The maximum atomic E-state index is 12.4. The standard InChI is InChI=1S/C22H23BrF2N2O4/c1-30-18-10-14(6-7-17(18)31-21(24)25)20(29)26-12-19(28)27-13-22(8-3-9-22)15-4-2-5-16(23)11-15/h2,4-7,10-11,21H,3,8-9,12-13H2,1H3,(H,26,29)(H,27,28). The second-order valence-corrected chi connectivity index (χ2v) is 8.26. The summed E-state index contributed by atoms with van der Waals surface area (Å²) >= 11 is 3.49. The van der Waals surface area contributed by atoms with E-state index in [0.717, 1.165) is 23.7 Å². The summed E-state index contributed by atoms with van der Waals surface area (Å²) < 4.78 is 35.2. The van der Waals surface area contributed by atoms with Gasteiger partial charge in [0.05, 0.1) is 13.7 Å². The molecule has 166 valence electrons. The molecule has 0 spiro atoms.